The second-order valence-corrected chi connectivity index (χ2v) is 4.74. The number of rotatable bonds is 4. The van der Waals surface area contributed by atoms with Crippen molar-refractivity contribution in [2.24, 2.45) is 0 Å². The molecule has 0 aliphatic heterocycles. The molecule has 0 heterocycles. The van der Waals surface area contributed by atoms with E-state index in [1.54, 1.807) is 12.1 Å². The fourth-order valence-corrected chi connectivity index (χ4v) is 1.77. The molecule has 0 bridgehead atoms. The lowest BCUT2D eigenvalue weighted by molar-refractivity contribution is -0.131. The zero-order valence-corrected chi connectivity index (χ0v) is 12.8. The van der Waals surface area contributed by atoms with Crippen LogP contribution in [-0.4, -0.2) is 12.6 Å². The molecule has 0 atom stereocenters. The predicted octanol–water partition coefficient (Wildman–Crippen LogP) is 3.80. The van der Waals surface area contributed by atoms with Gasteiger partial charge < -0.3 is 9.47 Å². The molecule has 0 unspecified atom stereocenters. The lowest BCUT2D eigenvalue weighted by Gasteiger charge is -2.03. The highest BCUT2D eigenvalue weighted by atomic mass is 16.5. The summed E-state index contributed by atoms with van der Waals surface area (Å²) >= 11 is 0. The summed E-state index contributed by atoms with van der Waals surface area (Å²) in [6.07, 6.45) is 0.991. The zero-order chi connectivity index (χ0) is 15.8. The highest BCUT2D eigenvalue weighted by Crippen LogP contribution is 2.13. The van der Waals surface area contributed by atoms with Gasteiger partial charge in [0.15, 0.2) is 0 Å². The minimum absolute atomic E-state index is 0.329. The summed E-state index contributed by atoms with van der Waals surface area (Å²) in [4.78, 5) is 10.8. The van der Waals surface area contributed by atoms with Crippen molar-refractivity contribution in [3.63, 3.8) is 0 Å². The molecule has 22 heavy (non-hydrogen) atoms. The molecule has 2 aromatic rings. The molecular formula is C19H18O3. The highest BCUT2D eigenvalue weighted by Gasteiger charge is 1.97. The van der Waals surface area contributed by atoms with E-state index >= 15 is 0 Å². The first-order chi connectivity index (χ1) is 10.7. The Hall–Kier alpha value is -2.73. The van der Waals surface area contributed by atoms with Crippen LogP contribution in [-0.2, 0) is 4.79 Å². The summed E-state index contributed by atoms with van der Waals surface area (Å²) in [7, 11) is 0. The van der Waals surface area contributed by atoms with E-state index in [2.05, 4.69) is 18.8 Å². The fourth-order valence-electron chi connectivity index (χ4n) is 1.77. The molecule has 3 nitrogen and oxygen atoms in total. The molecule has 0 aliphatic rings. The van der Waals surface area contributed by atoms with E-state index in [0.29, 0.717) is 5.75 Å². The first kappa shape index (κ1) is 15.7. The number of benzene rings is 2. The second kappa shape index (κ2) is 7.90. The Bertz CT molecular complexity index is 673. The molecule has 2 rings (SSSR count). The Kier molecular flexibility index (Phi) is 5.62. The number of carbonyl (C=O) groups is 1. The van der Waals surface area contributed by atoms with Gasteiger partial charge in [0.05, 0.1) is 6.61 Å². The highest BCUT2D eigenvalue weighted by molar-refractivity contribution is 5.69. The van der Waals surface area contributed by atoms with Crippen LogP contribution in [0.15, 0.2) is 48.5 Å². The molecule has 0 saturated heterocycles. The molecule has 0 amide bonds. The normalized spacial score (nSPS) is 9.55. The van der Waals surface area contributed by atoms with Crippen molar-refractivity contribution in [2.75, 3.05) is 6.61 Å². The van der Waals surface area contributed by atoms with E-state index in [9.17, 15) is 4.79 Å². The van der Waals surface area contributed by atoms with Gasteiger partial charge in [0, 0.05) is 18.1 Å². The van der Waals surface area contributed by atoms with Gasteiger partial charge in [0.1, 0.15) is 11.5 Å². The van der Waals surface area contributed by atoms with Crippen molar-refractivity contribution in [3.05, 3.63) is 59.7 Å². The fraction of sp³-hybridized carbons (Fsp3) is 0.211. The smallest absolute Gasteiger partial charge is 0.308 e. The average molecular weight is 294 g/mol. The number of hydrogen-bond acceptors (Lipinski definition) is 3. The number of carbonyl (C=O) groups excluding carboxylic acids is 1. The van der Waals surface area contributed by atoms with Crippen LogP contribution >= 0.6 is 0 Å². The maximum atomic E-state index is 10.8. The first-order valence-corrected chi connectivity index (χ1v) is 7.21. The Morgan fingerprint density at radius 2 is 1.41 bits per heavy atom. The number of ether oxygens (including phenoxy) is 2. The van der Waals surface area contributed by atoms with Crippen LogP contribution in [0.25, 0.3) is 0 Å². The van der Waals surface area contributed by atoms with Crippen molar-refractivity contribution < 1.29 is 14.3 Å². The van der Waals surface area contributed by atoms with Gasteiger partial charge in [-0.25, -0.2) is 0 Å². The Balaban J connectivity index is 2.01. The van der Waals surface area contributed by atoms with E-state index in [-0.39, 0.29) is 5.97 Å². The molecule has 0 aliphatic carbocycles. The van der Waals surface area contributed by atoms with E-state index < -0.39 is 0 Å². The summed E-state index contributed by atoms with van der Waals surface area (Å²) in [6, 6.07) is 14.8. The molecule has 0 fully saturated rings. The van der Waals surface area contributed by atoms with Gasteiger partial charge >= 0.3 is 5.97 Å². The van der Waals surface area contributed by atoms with Gasteiger partial charge in [0.2, 0.25) is 0 Å². The average Bonchev–Trinajstić information content (AvgIpc) is 2.53. The maximum absolute atomic E-state index is 10.8. The van der Waals surface area contributed by atoms with Crippen LogP contribution in [0.3, 0.4) is 0 Å². The van der Waals surface area contributed by atoms with Crippen molar-refractivity contribution in [3.8, 4) is 23.3 Å². The molecule has 112 valence electrons. The minimum atomic E-state index is -0.329. The largest absolute Gasteiger partial charge is 0.494 e. The molecule has 0 radical (unpaired) electrons. The SMILES string of the molecule is CCCOc1ccc(C#Cc2ccc(OC(C)=O)cc2)cc1. The molecule has 0 spiro atoms. The van der Waals surface area contributed by atoms with Crippen LogP contribution in [0, 0.1) is 11.8 Å². The lowest BCUT2D eigenvalue weighted by atomic mass is 10.2. The third-order valence-electron chi connectivity index (χ3n) is 2.79. The summed E-state index contributed by atoms with van der Waals surface area (Å²) in [5.74, 6) is 7.22. The van der Waals surface area contributed by atoms with Crippen LogP contribution in [0.2, 0.25) is 0 Å². The van der Waals surface area contributed by atoms with Gasteiger partial charge in [-0.15, -0.1) is 0 Å². The number of esters is 1. The van der Waals surface area contributed by atoms with Gasteiger partial charge in [-0.05, 0) is 55.0 Å². The molecule has 2 aromatic carbocycles. The molecule has 0 N–H and O–H groups in total. The monoisotopic (exact) mass is 294 g/mol. The Morgan fingerprint density at radius 1 is 0.909 bits per heavy atom. The summed E-state index contributed by atoms with van der Waals surface area (Å²) in [5, 5.41) is 0. The van der Waals surface area contributed by atoms with Gasteiger partial charge in [-0.3, -0.25) is 4.79 Å². The van der Waals surface area contributed by atoms with Crippen LogP contribution < -0.4 is 9.47 Å². The quantitative estimate of drug-likeness (QED) is 0.489. The van der Waals surface area contributed by atoms with Crippen LogP contribution in [0.4, 0.5) is 0 Å². The zero-order valence-electron chi connectivity index (χ0n) is 12.8. The third-order valence-corrected chi connectivity index (χ3v) is 2.79. The Morgan fingerprint density at radius 3 is 1.86 bits per heavy atom. The molecular weight excluding hydrogens is 276 g/mol. The van der Waals surface area contributed by atoms with Crippen molar-refractivity contribution >= 4 is 5.97 Å². The summed E-state index contributed by atoms with van der Waals surface area (Å²) in [5.41, 5.74) is 1.79. The van der Waals surface area contributed by atoms with E-state index in [1.807, 2.05) is 36.4 Å². The molecule has 0 aromatic heterocycles. The summed E-state index contributed by atoms with van der Waals surface area (Å²) in [6.45, 7) is 4.17. The van der Waals surface area contributed by atoms with Gasteiger partial charge in [-0.1, -0.05) is 18.8 Å². The van der Waals surface area contributed by atoms with Crippen molar-refractivity contribution in [2.45, 2.75) is 20.3 Å². The van der Waals surface area contributed by atoms with E-state index in [0.717, 1.165) is 29.9 Å². The minimum Gasteiger partial charge on any atom is -0.494 e. The van der Waals surface area contributed by atoms with Crippen molar-refractivity contribution in [1.29, 1.82) is 0 Å². The first-order valence-electron chi connectivity index (χ1n) is 7.21. The van der Waals surface area contributed by atoms with Gasteiger partial charge in [-0.2, -0.15) is 0 Å². The topological polar surface area (TPSA) is 35.5 Å². The van der Waals surface area contributed by atoms with E-state index in [1.165, 1.54) is 6.92 Å². The predicted molar refractivity (Wildman–Crippen MR) is 86.0 cm³/mol. The number of hydrogen-bond donors (Lipinski definition) is 0. The second-order valence-electron chi connectivity index (χ2n) is 4.74. The maximum Gasteiger partial charge on any atom is 0.308 e. The molecule has 3 heteroatoms. The molecule has 0 saturated carbocycles. The Labute approximate surface area is 130 Å². The van der Waals surface area contributed by atoms with Crippen LogP contribution in [0.5, 0.6) is 11.5 Å². The van der Waals surface area contributed by atoms with E-state index in [4.69, 9.17) is 9.47 Å². The summed E-state index contributed by atoms with van der Waals surface area (Å²) < 4.78 is 10.5. The standard InChI is InChI=1S/C19H18O3/c1-3-14-21-18-10-6-16(7-11-18)4-5-17-8-12-19(13-9-17)22-15(2)20/h6-13H,3,14H2,1-2H3. The lowest BCUT2D eigenvalue weighted by Crippen LogP contribution is -2.00. The van der Waals surface area contributed by atoms with Crippen molar-refractivity contribution in [1.82, 2.24) is 0 Å². The third kappa shape index (κ3) is 4.99. The van der Waals surface area contributed by atoms with Crippen LogP contribution in [0.1, 0.15) is 31.4 Å². The van der Waals surface area contributed by atoms with Gasteiger partial charge in [0.25, 0.3) is 0 Å².